The lowest BCUT2D eigenvalue weighted by Gasteiger charge is -2.32. The van der Waals surface area contributed by atoms with Crippen molar-refractivity contribution in [3.05, 3.63) is 47.4 Å². The molecule has 1 aromatic carbocycles. The van der Waals surface area contributed by atoms with Gasteiger partial charge in [-0.2, -0.15) is 17.6 Å². The summed E-state index contributed by atoms with van der Waals surface area (Å²) in [6, 6.07) is 1.76. The molecule has 178 valence electrons. The maximum absolute atomic E-state index is 14.3. The maximum atomic E-state index is 14.3. The van der Waals surface area contributed by atoms with Gasteiger partial charge in [0.1, 0.15) is 11.8 Å². The van der Waals surface area contributed by atoms with Crippen LogP contribution < -0.4 is 15.8 Å². The number of nitrogens with one attached hydrogen (secondary N) is 1. The number of hydrogen-bond donors (Lipinski definition) is 2. The minimum Gasteiger partial charge on any atom is -0.493 e. The van der Waals surface area contributed by atoms with E-state index < -0.39 is 58.9 Å². The molecule has 4 atom stereocenters. The SMILES string of the molecule is COc1c([C@H]2[C@@H](C(=O)Nc3cncc(C(N)=O)n3)O[C@@](C)(C(F)(F)F)[C@@H]2C)ccc(F)c1F. The number of nitrogens with zero attached hydrogens (tertiary/aromatic N) is 2. The van der Waals surface area contributed by atoms with Crippen molar-refractivity contribution in [3.63, 3.8) is 0 Å². The van der Waals surface area contributed by atoms with Crippen LogP contribution >= 0.6 is 0 Å². The first-order chi connectivity index (χ1) is 15.3. The number of amides is 2. The Balaban J connectivity index is 2.07. The molecular formula is C20H19F5N4O4. The Morgan fingerprint density at radius 2 is 1.91 bits per heavy atom. The minimum atomic E-state index is -4.91. The third-order valence-corrected chi connectivity index (χ3v) is 5.71. The molecule has 0 spiro atoms. The highest BCUT2D eigenvalue weighted by atomic mass is 19.4. The van der Waals surface area contributed by atoms with Crippen molar-refractivity contribution in [2.24, 2.45) is 11.7 Å². The lowest BCUT2D eigenvalue weighted by Crippen LogP contribution is -2.47. The Kier molecular flexibility index (Phi) is 6.29. The number of halogens is 5. The average Bonchev–Trinajstić information content (AvgIpc) is 3.02. The molecule has 2 amide bonds. The molecule has 0 saturated carbocycles. The Hall–Kier alpha value is -3.35. The van der Waals surface area contributed by atoms with Crippen LogP contribution in [0.15, 0.2) is 24.5 Å². The number of ether oxygens (including phenoxy) is 2. The Morgan fingerprint density at radius 1 is 1.24 bits per heavy atom. The van der Waals surface area contributed by atoms with Crippen molar-refractivity contribution < 1.29 is 41.0 Å². The highest BCUT2D eigenvalue weighted by Gasteiger charge is 2.65. The van der Waals surface area contributed by atoms with Crippen LogP contribution in [-0.4, -0.2) is 46.8 Å². The van der Waals surface area contributed by atoms with Gasteiger partial charge in [-0.05, 0) is 13.0 Å². The quantitative estimate of drug-likeness (QED) is 0.644. The number of methoxy groups -OCH3 is 1. The van der Waals surface area contributed by atoms with E-state index in [1.54, 1.807) is 0 Å². The highest BCUT2D eigenvalue weighted by molar-refractivity contribution is 5.95. The summed E-state index contributed by atoms with van der Waals surface area (Å²) in [7, 11) is 1.02. The van der Waals surface area contributed by atoms with Crippen molar-refractivity contribution in [1.82, 2.24) is 9.97 Å². The van der Waals surface area contributed by atoms with E-state index in [9.17, 15) is 31.5 Å². The summed E-state index contributed by atoms with van der Waals surface area (Å²) in [6.45, 7) is 1.94. The van der Waals surface area contributed by atoms with Crippen LogP contribution in [0.4, 0.5) is 27.8 Å². The number of alkyl halides is 3. The number of carbonyl (C=O) groups excluding carboxylic acids is 2. The van der Waals surface area contributed by atoms with Gasteiger partial charge in [-0.1, -0.05) is 13.0 Å². The van der Waals surface area contributed by atoms with Crippen molar-refractivity contribution in [2.45, 2.75) is 37.6 Å². The minimum absolute atomic E-state index is 0.186. The largest absolute Gasteiger partial charge is 0.493 e. The molecule has 0 radical (unpaired) electrons. The summed E-state index contributed by atoms with van der Waals surface area (Å²) in [6.07, 6.45) is -4.65. The molecular weight excluding hydrogens is 455 g/mol. The van der Waals surface area contributed by atoms with Gasteiger partial charge in [-0.25, -0.2) is 9.37 Å². The summed E-state index contributed by atoms with van der Waals surface area (Å²) >= 11 is 0. The molecule has 0 bridgehead atoms. The molecule has 13 heteroatoms. The molecule has 2 heterocycles. The smallest absolute Gasteiger partial charge is 0.417 e. The lowest BCUT2D eigenvalue weighted by atomic mass is 9.77. The molecule has 1 aliphatic rings. The third-order valence-electron chi connectivity index (χ3n) is 5.71. The van der Waals surface area contributed by atoms with Gasteiger partial charge in [-0.15, -0.1) is 0 Å². The van der Waals surface area contributed by atoms with Crippen LogP contribution in [0.2, 0.25) is 0 Å². The van der Waals surface area contributed by atoms with E-state index in [2.05, 4.69) is 15.3 Å². The van der Waals surface area contributed by atoms with Crippen LogP contribution in [-0.2, 0) is 9.53 Å². The Bertz CT molecular complexity index is 1100. The van der Waals surface area contributed by atoms with Gasteiger partial charge in [0.25, 0.3) is 11.8 Å². The molecule has 1 aromatic heterocycles. The van der Waals surface area contributed by atoms with Crippen molar-refractivity contribution >= 4 is 17.6 Å². The second kappa shape index (κ2) is 8.54. The summed E-state index contributed by atoms with van der Waals surface area (Å²) in [5, 5.41) is 2.23. The van der Waals surface area contributed by atoms with Crippen LogP contribution in [0.1, 0.15) is 35.8 Å². The molecule has 0 unspecified atom stereocenters. The second-order valence-corrected chi connectivity index (χ2v) is 7.58. The first-order valence-electron chi connectivity index (χ1n) is 9.51. The monoisotopic (exact) mass is 474 g/mol. The first-order valence-corrected chi connectivity index (χ1v) is 9.51. The Labute approximate surface area is 184 Å². The number of primary amides is 1. The fourth-order valence-electron chi connectivity index (χ4n) is 3.78. The topological polar surface area (TPSA) is 116 Å². The molecule has 1 aliphatic heterocycles. The number of benzene rings is 1. The molecule has 3 rings (SSSR count). The van der Waals surface area contributed by atoms with Gasteiger partial charge < -0.3 is 20.5 Å². The zero-order valence-corrected chi connectivity index (χ0v) is 17.5. The molecule has 8 nitrogen and oxygen atoms in total. The molecule has 1 fully saturated rings. The fourth-order valence-corrected chi connectivity index (χ4v) is 3.78. The number of hydrogen-bond acceptors (Lipinski definition) is 6. The predicted octanol–water partition coefficient (Wildman–Crippen LogP) is 2.94. The highest BCUT2D eigenvalue weighted by Crippen LogP contribution is 2.54. The number of aromatic nitrogens is 2. The van der Waals surface area contributed by atoms with E-state index in [0.29, 0.717) is 0 Å². The van der Waals surface area contributed by atoms with Crippen LogP contribution in [0.25, 0.3) is 0 Å². The fraction of sp³-hybridized carbons (Fsp3) is 0.400. The molecule has 33 heavy (non-hydrogen) atoms. The van der Waals surface area contributed by atoms with E-state index in [-0.39, 0.29) is 17.1 Å². The van der Waals surface area contributed by atoms with Crippen molar-refractivity contribution in [1.29, 1.82) is 0 Å². The Morgan fingerprint density at radius 3 is 2.48 bits per heavy atom. The molecule has 1 saturated heterocycles. The van der Waals surface area contributed by atoms with E-state index >= 15 is 0 Å². The van der Waals surface area contributed by atoms with E-state index in [1.165, 1.54) is 6.92 Å². The summed E-state index contributed by atoms with van der Waals surface area (Å²) < 4.78 is 79.9. The zero-order valence-electron chi connectivity index (χ0n) is 17.5. The van der Waals surface area contributed by atoms with E-state index in [1.807, 2.05) is 0 Å². The third kappa shape index (κ3) is 4.19. The normalized spacial score (nSPS) is 25.0. The number of rotatable bonds is 5. The molecule has 0 aliphatic carbocycles. The van der Waals surface area contributed by atoms with E-state index in [0.717, 1.165) is 38.6 Å². The molecule has 3 N–H and O–H groups in total. The average molecular weight is 474 g/mol. The van der Waals surface area contributed by atoms with Gasteiger partial charge in [-0.3, -0.25) is 14.6 Å². The van der Waals surface area contributed by atoms with Gasteiger partial charge in [0, 0.05) is 17.4 Å². The van der Waals surface area contributed by atoms with Gasteiger partial charge >= 0.3 is 6.18 Å². The zero-order chi connectivity index (χ0) is 24.7. The van der Waals surface area contributed by atoms with Crippen LogP contribution in [0, 0.1) is 17.6 Å². The molecule has 2 aromatic rings. The summed E-state index contributed by atoms with van der Waals surface area (Å²) in [5.74, 6) is -8.45. The van der Waals surface area contributed by atoms with Crippen molar-refractivity contribution in [2.75, 3.05) is 12.4 Å². The van der Waals surface area contributed by atoms with Gasteiger partial charge in [0.2, 0.25) is 5.82 Å². The lowest BCUT2D eigenvalue weighted by molar-refractivity contribution is -0.272. The van der Waals surface area contributed by atoms with Gasteiger partial charge in [0.15, 0.2) is 23.0 Å². The van der Waals surface area contributed by atoms with Gasteiger partial charge in [0.05, 0.1) is 19.5 Å². The van der Waals surface area contributed by atoms with Crippen LogP contribution in [0.3, 0.4) is 0 Å². The summed E-state index contributed by atoms with van der Waals surface area (Å²) in [4.78, 5) is 31.7. The van der Waals surface area contributed by atoms with Crippen molar-refractivity contribution in [3.8, 4) is 5.75 Å². The van der Waals surface area contributed by atoms with Crippen LogP contribution in [0.5, 0.6) is 5.75 Å². The number of anilines is 1. The summed E-state index contributed by atoms with van der Waals surface area (Å²) in [5.41, 5.74) is 1.82. The van der Waals surface area contributed by atoms with E-state index in [4.69, 9.17) is 15.2 Å². The first kappa shape index (κ1) is 24.3. The number of carbonyl (C=O) groups is 2. The number of nitrogens with two attached hydrogens (primary N) is 1. The standard InChI is InChI=1S/C20H19F5N4O4/c1-8-13(9-4-5-10(21)14(22)15(9)32-3)16(33-19(8,2)20(23,24)25)18(31)29-12-7-27-6-11(28-12)17(26)30/h4-8,13,16H,1-3H3,(H2,26,30)(H,28,29,31)/t8-,13+,16+,19-/m1/s1. The predicted molar refractivity (Wildman–Crippen MR) is 103 cm³/mol. The maximum Gasteiger partial charge on any atom is 0.417 e. The second-order valence-electron chi connectivity index (χ2n) is 7.58.